The molecule has 1 aliphatic rings. The molecule has 0 unspecified atom stereocenters. The number of carbonyl (C=O) groups is 1. The number of Topliss-reactive ketones (excluding diaryl/α,β-unsaturated/α-hetero) is 1. The highest BCUT2D eigenvalue weighted by molar-refractivity contribution is 9.10. The fourth-order valence-electron chi connectivity index (χ4n) is 1.93. The Labute approximate surface area is 151 Å². The monoisotopic (exact) mass is 454 g/mol. The van der Waals surface area contributed by atoms with Crippen molar-refractivity contribution in [3.8, 4) is 11.5 Å². The first kappa shape index (κ1) is 18.0. The molecule has 0 N–H and O–H groups in total. The smallest absolute Gasteiger partial charge is 0.452 e. The minimum absolute atomic E-state index is 0.0276. The molecule has 0 bridgehead atoms. The Morgan fingerprint density at radius 1 is 1.24 bits per heavy atom. The summed E-state index contributed by atoms with van der Waals surface area (Å²) < 4.78 is 69.3. The number of benzene rings is 1. The molecule has 0 fully saturated rings. The summed E-state index contributed by atoms with van der Waals surface area (Å²) in [6.07, 6.45) is 1.48. The van der Waals surface area contributed by atoms with E-state index >= 15 is 0 Å². The van der Waals surface area contributed by atoms with Crippen LogP contribution in [0.2, 0.25) is 0 Å². The van der Waals surface area contributed by atoms with Crippen LogP contribution in [0.25, 0.3) is 6.08 Å². The highest BCUT2D eigenvalue weighted by atomic mass is 79.9. The SMILES string of the molecule is O=C1/C(=C/c2cc(Br)cs2)Oc2cc(OS(=O)(=O)C(F)(F)F)ccc21. The predicted molar refractivity (Wildman–Crippen MR) is 87.0 cm³/mol. The maximum absolute atomic E-state index is 12.4. The number of rotatable bonds is 3. The molecule has 2 aromatic rings. The van der Waals surface area contributed by atoms with E-state index in [2.05, 4.69) is 20.1 Å². The van der Waals surface area contributed by atoms with Crippen molar-refractivity contribution in [2.75, 3.05) is 0 Å². The van der Waals surface area contributed by atoms with Crippen LogP contribution in [-0.2, 0) is 10.1 Å². The van der Waals surface area contributed by atoms with Gasteiger partial charge in [-0.25, -0.2) is 0 Å². The summed E-state index contributed by atoms with van der Waals surface area (Å²) in [7, 11) is -5.80. The van der Waals surface area contributed by atoms with Gasteiger partial charge in [0.05, 0.1) is 5.56 Å². The zero-order chi connectivity index (χ0) is 18.4. The number of carbonyl (C=O) groups excluding carboxylic acids is 1. The molecule has 0 radical (unpaired) electrons. The van der Waals surface area contributed by atoms with Gasteiger partial charge in [-0.3, -0.25) is 4.79 Å². The Hall–Kier alpha value is -1.85. The second-order valence-corrected chi connectivity index (χ2v) is 8.14. The highest BCUT2D eigenvalue weighted by Gasteiger charge is 2.48. The lowest BCUT2D eigenvalue weighted by Gasteiger charge is -2.09. The van der Waals surface area contributed by atoms with Crippen LogP contribution < -0.4 is 8.92 Å². The molecular weight excluding hydrogens is 449 g/mol. The van der Waals surface area contributed by atoms with E-state index < -0.39 is 27.2 Å². The minimum Gasteiger partial charge on any atom is -0.452 e. The predicted octanol–water partition coefficient (Wildman–Crippen LogP) is 4.36. The quantitative estimate of drug-likeness (QED) is 0.391. The number of thiophene rings is 1. The number of halogens is 4. The topological polar surface area (TPSA) is 69.7 Å². The van der Waals surface area contributed by atoms with Gasteiger partial charge in [0.2, 0.25) is 5.78 Å². The highest BCUT2D eigenvalue weighted by Crippen LogP contribution is 2.37. The van der Waals surface area contributed by atoms with E-state index in [1.165, 1.54) is 17.4 Å². The second-order valence-electron chi connectivity index (χ2n) is 4.75. The van der Waals surface area contributed by atoms with Gasteiger partial charge in [-0.2, -0.15) is 21.6 Å². The Bertz CT molecular complexity index is 992. The molecule has 0 atom stereocenters. The van der Waals surface area contributed by atoms with E-state index in [9.17, 15) is 26.4 Å². The Balaban J connectivity index is 1.88. The average Bonchev–Trinajstić information content (AvgIpc) is 3.02. The summed E-state index contributed by atoms with van der Waals surface area (Å²) >= 11 is 4.61. The van der Waals surface area contributed by atoms with Gasteiger partial charge in [0.25, 0.3) is 0 Å². The average molecular weight is 455 g/mol. The largest absolute Gasteiger partial charge is 0.534 e. The molecule has 1 aliphatic heterocycles. The minimum atomic E-state index is -5.80. The molecular formula is C14H6BrF3O5S2. The Morgan fingerprint density at radius 3 is 2.56 bits per heavy atom. The summed E-state index contributed by atoms with van der Waals surface area (Å²) in [6, 6.07) is 4.77. The molecule has 0 spiro atoms. The molecule has 3 rings (SSSR count). The van der Waals surface area contributed by atoms with Gasteiger partial charge in [0.1, 0.15) is 11.5 Å². The van der Waals surface area contributed by atoms with Crippen molar-refractivity contribution in [3.05, 3.63) is 50.3 Å². The van der Waals surface area contributed by atoms with E-state index in [4.69, 9.17) is 4.74 Å². The lowest BCUT2D eigenvalue weighted by Crippen LogP contribution is -2.28. The summed E-state index contributed by atoms with van der Waals surface area (Å²) in [6.45, 7) is 0. The molecule has 0 aliphatic carbocycles. The van der Waals surface area contributed by atoms with Crippen LogP contribution in [0.3, 0.4) is 0 Å². The molecule has 1 aromatic heterocycles. The number of hydrogen-bond acceptors (Lipinski definition) is 6. The maximum atomic E-state index is 12.4. The number of alkyl halides is 3. The molecule has 25 heavy (non-hydrogen) atoms. The number of hydrogen-bond donors (Lipinski definition) is 0. The normalized spacial score (nSPS) is 16.0. The molecule has 0 saturated heterocycles. The Kier molecular flexibility index (Phi) is 4.41. The van der Waals surface area contributed by atoms with Crippen LogP contribution in [0.5, 0.6) is 11.5 Å². The van der Waals surface area contributed by atoms with Crippen molar-refractivity contribution in [1.29, 1.82) is 0 Å². The third-order valence-electron chi connectivity index (χ3n) is 2.99. The zero-order valence-electron chi connectivity index (χ0n) is 11.8. The molecule has 2 heterocycles. The lowest BCUT2D eigenvalue weighted by molar-refractivity contribution is -0.0500. The van der Waals surface area contributed by atoms with Crippen molar-refractivity contribution >= 4 is 49.2 Å². The number of allylic oxidation sites excluding steroid dienone is 1. The third-order valence-corrected chi connectivity index (χ3v) is 5.61. The summed E-state index contributed by atoms with van der Waals surface area (Å²) in [5.41, 5.74) is -5.46. The van der Waals surface area contributed by atoms with E-state index in [-0.39, 0.29) is 17.1 Å². The number of ether oxygens (including phenoxy) is 1. The number of fused-ring (bicyclic) bond motifs is 1. The molecule has 0 amide bonds. The van der Waals surface area contributed by atoms with Crippen LogP contribution in [0.1, 0.15) is 15.2 Å². The van der Waals surface area contributed by atoms with Crippen LogP contribution in [0.4, 0.5) is 13.2 Å². The molecule has 1 aromatic carbocycles. The molecule has 5 nitrogen and oxygen atoms in total. The van der Waals surface area contributed by atoms with Gasteiger partial charge in [-0.05, 0) is 34.1 Å². The zero-order valence-corrected chi connectivity index (χ0v) is 15.1. The summed E-state index contributed by atoms with van der Waals surface area (Å²) in [5.74, 6) is -1.18. The van der Waals surface area contributed by atoms with Gasteiger partial charge in [0, 0.05) is 26.9 Å². The fourth-order valence-corrected chi connectivity index (χ4v) is 3.74. The van der Waals surface area contributed by atoms with Gasteiger partial charge >= 0.3 is 15.6 Å². The van der Waals surface area contributed by atoms with Crippen LogP contribution in [-0.4, -0.2) is 19.7 Å². The molecule has 11 heteroatoms. The van der Waals surface area contributed by atoms with Crippen LogP contribution in [0, 0.1) is 0 Å². The van der Waals surface area contributed by atoms with Gasteiger partial charge in [0.15, 0.2) is 5.76 Å². The maximum Gasteiger partial charge on any atom is 0.534 e. The third kappa shape index (κ3) is 3.58. The first-order chi connectivity index (χ1) is 11.6. The van der Waals surface area contributed by atoms with Crippen molar-refractivity contribution in [3.63, 3.8) is 0 Å². The van der Waals surface area contributed by atoms with Crippen LogP contribution >= 0.6 is 27.3 Å². The summed E-state index contributed by atoms with van der Waals surface area (Å²) in [4.78, 5) is 12.9. The van der Waals surface area contributed by atoms with E-state index in [1.807, 2.05) is 0 Å². The first-order valence-electron chi connectivity index (χ1n) is 6.40. The first-order valence-corrected chi connectivity index (χ1v) is 9.48. The van der Waals surface area contributed by atoms with Gasteiger partial charge in [-0.15, -0.1) is 11.3 Å². The molecule has 132 valence electrons. The Morgan fingerprint density at radius 2 is 1.96 bits per heavy atom. The van der Waals surface area contributed by atoms with E-state index in [1.54, 1.807) is 11.4 Å². The van der Waals surface area contributed by atoms with Crippen molar-refractivity contribution in [1.82, 2.24) is 0 Å². The lowest BCUT2D eigenvalue weighted by atomic mass is 10.1. The molecule has 0 saturated carbocycles. The standard InChI is InChI=1S/C14H6BrF3O5S2/c15-7-3-9(24-6-7)5-12-13(19)10-2-1-8(4-11(10)22-12)23-25(20,21)14(16,17)18/h1-6H/b12-5-. The van der Waals surface area contributed by atoms with Crippen molar-refractivity contribution in [2.24, 2.45) is 0 Å². The van der Waals surface area contributed by atoms with Crippen LogP contribution in [0.15, 0.2) is 39.9 Å². The fraction of sp³-hybridized carbons (Fsp3) is 0.0714. The van der Waals surface area contributed by atoms with Crippen molar-refractivity contribution < 1.29 is 35.3 Å². The van der Waals surface area contributed by atoms with Gasteiger partial charge < -0.3 is 8.92 Å². The van der Waals surface area contributed by atoms with Gasteiger partial charge in [-0.1, -0.05) is 0 Å². The number of ketones is 1. The van der Waals surface area contributed by atoms with E-state index in [0.717, 1.165) is 27.5 Å². The van der Waals surface area contributed by atoms with E-state index in [0.29, 0.717) is 0 Å². The summed E-state index contributed by atoms with van der Waals surface area (Å²) in [5, 5.41) is 1.80. The van der Waals surface area contributed by atoms with Crippen molar-refractivity contribution in [2.45, 2.75) is 5.51 Å². The second kappa shape index (κ2) is 6.15.